The van der Waals surface area contributed by atoms with Gasteiger partial charge in [0, 0.05) is 0 Å². The predicted molar refractivity (Wildman–Crippen MR) is 77.3 cm³/mol. The molecule has 1 rings (SSSR count). The maximum Gasteiger partial charge on any atom is 0.310 e. The first kappa shape index (κ1) is 16.7. The zero-order chi connectivity index (χ0) is 15.1. The highest BCUT2D eigenvalue weighted by Crippen LogP contribution is 2.35. The largest absolute Gasteiger partial charge is 0.481 e. The first-order valence-electron chi connectivity index (χ1n) is 7.52. The van der Waals surface area contributed by atoms with Crippen molar-refractivity contribution in [3.8, 4) is 0 Å². The minimum absolute atomic E-state index is 0.347. The Labute approximate surface area is 121 Å². The number of carboxylic acids is 1. The minimum Gasteiger partial charge on any atom is -0.481 e. The molecule has 0 saturated carbocycles. The van der Waals surface area contributed by atoms with Crippen LogP contribution < -0.4 is 0 Å². The van der Waals surface area contributed by atoms with Gasteiger partial charge in [-0.3, -0.25) is 9.59 Å². The van der Waals surface area contributed by atoms with Gasteiger partial charge in [-0.15, -0.1) is 0 Å². The summed E-state index contributed by atoms with van der Waals surface area (Å²) in [7, 11) is 0. The number of esters is 1. The number of ether oxygens (including phenoxy) is 1. The number of allylic oxidation sites excluding steroid dienone is 2. The van der Waals surface area contributed by atoms with Crippen molar-refractivity contribution in [2.75, 3.05) is 6.61 Å². The van der Waals surface area contributed by atoms with Crippen molar-refractivity contribution >= 4 is 11.9 Å². The number of rotatable bonds is 7. The van der Waals surface area contributed by atoms with Gasteiger partial charge in [0.05, 0.1) is 18.4 Å². The fourth-order valence-corrected chi connectivity index (χ4v) is 2.61. The Morgan fingerprint density at radius 2 is 1.70 bits per heavy atom. The van der Waals surface area contributed by atoms with Crippen LogP contribution in [0.15, 0.2) is 11.1 Å². The molecule has 0 bridgehead atoms. The van der Waals surface area contributed by atoms with Crippen LogP contribution >= 0.6 is 0 Å². The van der Waals surface area contributed by atoms with E-state index in [9.17, 15) is 14.7 Å². The first-order valence-corrected chi connectivity index (χ1v) is 7.52. The summed E-state index contributed by atoms with van der Waals surface area (Å²) in [4.78, 5) is 23.4. The number of aliphatic carboxylic acids is 1. The van der Waals surface area contributed by atoms with E-state index in [1.807, 2.05) is 13.8 Å². The van der Waals surface area contributed by atoms with E-state index in [-0.39, 0.29) is 5.97 Å². The Hall–Kier alpha value is -1.32. The fourth-order valence-electron chi connectivity index (χ4n) is 2.61. The molecule has 0 aromatic carbocycles. The van der Waals surface area contributed by atoms with E-state index >= 15 is 0 Å². The van der Waals surface area contributed by atoms with Crippen molar-refractivity contribution in [3.05, 3.63) is 11.1 Å². The molecule has 1 N–H and O–H groups in total. The Morgan fingerprint density at radius 1 is 1.10 bits per heavy atom. The molecule has 0 heterocycles. The highest BCUT2D eigenvalue weighted by molar-refractivity contribution is 5.82. The van der Waals surface area contributed by atoms with Gasteiger partial charge in [0.25, 0.3) is 0 Å². The normalized spacial score (nSPS) is 22.8. The van der Waals surface area contributed by atoms with Crippen LogP contribution in [-0.2, 0) is 14.3 Å². The average Bonchev–Trinajstić information content (AvgIpc) is 2.40. The van der Waals surface area contributed by atoms with E-state index in [1.165, 1.54) is 0 Å². The summed E-state index contributed by atoms with van der Waals surface area (Å²) >= 11 is 0. The molecule has 20 heavy (non-hydrogen) atoms. The van der Waals surface area contributed by atoms with Crippen LogP contribution in [0.4, 0.5) is 0 Å². The molecule has 0 aromatic rings. The summed E-state index contributed by atoms with van der Waals surface area (Å²) in [6.45, 7) is 6.44. The van der Waals surface area contributed by atoms with Crippen LogP contribution in [-0.4, -0.2) is 23.7 Å². The van der Waals surface area contributed by atoms with Gasteiger partial charge in [0.2, 0.25) is 0 Å². The molecule has 2 atom stereocenters. The maximum atomic E-state index is 12.1. The Kier molecular flexibility index (Phi) is 6.76. The molecule has 0 amide bonds. The standard InChI is InChI=1S/C16H26O4/c1-4-5-6-7-8-20-16(19)14-10-12(3)11(2)9-13(14)15(17)18/h13-14H,4-10H2,1-3H3,(H,17,18). The van der Waals surface area contributed by atoms with Crippen molar-refractivity contribution in [1.29, 1.82) is 0 Å². The molecule has 0 aliphatic heterocycles. The SMILES string of the molecule is CCCCCCOC(=O)C1CC(C)=C(C)CC1C(=O)O. The lowest BCUT2D eigenvalue weighted by atomic mass is 9.76. The van der Waals surface area contributed by atoms with Crippen LogP contribution in [0.5, 0.6) is 0 Å². The van der Waals surface area contributed by atoms with Crippen LogP contribution in [0, 0.1) is 11.8 Å². The predicted octanol–water partition coefficient (Wildman–Crippen LogP) is 3.56. The topological polar surface area (TPSA) is 63.6 Å². The third-order valence-electron chi connectivity index (χ3n) is 4.13. The number of hydrogen-bond acceptors (Lipinski definition) is 3. The van der Waals surface area contributed by atoms with E-state index < -0.39 is 17.8 Å². The van der Waals surface area contributed by atoms with Crippen LogP contribution in [0.3, 0.4) is 0 Å². The maximum absolute atomic E-state index is 12.1. The quantitative estimate of drug-likeness (QED) is 0.440. The Morgan fingerprint density at radius 3 is 2.25 bits per heavy atom. The van der Waals surface area contributed by atoms with E-state index in [2.05, 4.69) is 6.92 Å². The van der Waals surface area contributed by atoms with E-state index in [0.29, 0.717) is 19.4 Å². The molecule has 0 radical (unpaired) electrons. The molecule has 2 unspecified atom stereocenters. The van der Waals surface area contributed by atoms with Gasteiger partial charge in [-0.2, -0.15) is 0 Å². The minimum atomic E-state index is -0.898. The van der Waals surface area contributed by atoms with Crippen LogP contribution in [0.2, 0.25) is 0 Å². The molecular weight excluding hydrogens is 256 g/mol. The zero-order valence-corrected chi connectivity index (χ0v) is 12.8. The van der Waals surface area contributed by atoms with Gasteiger partial charge in [-0.1, -0.05) is 37.3 Å². The van der Waals surface area contributed by atoms with Crippen molar-refractivity contribution in [3.63, 3.8) is 0 Å². The number of carbonyl (C=O) groups excluding carboxylic acids is 1. The second kappa shape index (κ2) is 8.08. The molecule has 0 aromatic heterocycles. The summed E-state index contributed by atoms with van der Waals surface area (Å²) < 4.78 is 5.27. The number of carbonyl (C=O) groups is 2. The summed E-state index contributed by atoms with van der Waals surface area (Å²) in [5.41, 5.74) is 2.21. The number of unbranched alkanes of at least 4 members (excludes halogenated alkanes) is 3. The molecule has 0 fully saturated rings. The summed E-state index contributed by atoms with van der Waals surface area (Å²) in [6.07, 6.45) is 5.15. The highest BCUT2D eigenvalue weighted by Gasteiger charge is 2.38. The number of hydrogen-bond donors (Lipinski definition) is 1. The third kappa shape index (κ3) is 4.66. The summed E-state index contributed by atoms with van der Waals surface area (Å²) in [5.74, 6) is -2.41. The van der Waals surface area contributed by atoms with Crippen molar-refractivity contribution < 1.29 is 19.4 Å². The summed E-state index contributed by atoms with van der Waals surface area (Å²) in [5, 5.41) is 9.27. The van der Waals surface area contributed by atoms with Crippen molar-refractivity contribution in [1.82, 2.24) is 0 Å². The summed E-state index contributed by atoms with van der Waals surface area (Å²) in [6, 6.07) is 0. The molecule has 114 valence electrons. The van der Waals surface area contributed by atoms with E-state index in [1.54, 1.807) is 0 Å². The molecular formula is C16H26O4. The van der Waals surface area contributed by atoms with Gasteiger partial charge in [-0.25, -0.2) is 0 Å². The molecule has 0 saturated heterocycles. The van der Waals surface area contributed by atoms with Gasteiger partial charge < -0.3 is 9.84 Å². The van der Waals surface area contributed by atoms with Gasteiger partial charge in [-0.05, 0) is 33.1 Å². The van der Waals surface area contributed by atoms with E-state index in [4.69, 9.17) is 4.74 Å². The molecule has 4 heteroatoms. The second-order valence-electron chi connectivity index (χ2n) is 5.75. The molecule has 1 aliphatic carbocycles. The monoisotopic (exact) mass is 282 g/mol. The highest BCUT2D eigenvalue weighted by atomic mass is 16.5. The van der Waals surface area contributed by atoms with Crippen LogP contribution in [0.25, 0.3) is 0 Å². The Bertz CT molecular complexity index is 384. The lowest BCUT2D eigenvalue weighted by molar-refractivity contribution is -0.158. The van der Waals surface area contributed by atoms with Gasteiger partial charge >= 0.3 is 11.9 Å². The molecule has 1 aliphatic rings. The second-order valence-corrected chi connectivity index (χ2v) is 5.75. The first-order chi connectivity index (χ1) is 9.47. The molecule has 0 spiro atoms. The van der Waals surface area contributed by atoms with Gasteiger partial charge in [0.1, 0.15) is 0 Å². The lowest BCUT2D eigenvalue weighted by Crippen LogP contribution is -2.34. The van der Waals surface area contributed by atoms with Crippen LogP contribution in [0.1, 0.15) is 59.3 Å². The average molecular weight is 282 g/mol. The van der Waals surface area contributed by atoms with Gasteiger partial charge in [0.15, 0.2) is 0 Å². The molecule has 4 nitrogen and oxygen atoms in total. The lowest BCUT2D eigenvalue weighted by Gasteiger charge is -2.28. The van der Waals surface area contributed by atoms with Crippen molar-refractivity contribution in [2.45, 2.75) is 59.3 Å². The zero-order valence-electron chi connectivity index (χ0n) is 12.8. The smallest absolute Gasteiger partial charge is 0.310 e. The number of carboxylic acid groups (broad SMARTS) is 1. The van der Waals surface area contributed by atoms with Crippen molar-refractivity contribution in [2.24, 2.45) is 11.8 Å². The third-order valence-corrected chi connectivity index (χ3v) is 4.13. The Balaban J connectivity index is 2.54. The van der Waals surface area contributed by atoms with E-state index in [0.717, 1.165) is 36.8 Å². The fraction of sp³-hybridized carbons (Fsp3) is 0.750.